The maximum atomic E-state index is 12.6. The van der Waals surface area contributed by atoms with Crippen molar-refractivity contribution in [2.24, 2.45) is 0 Å². The van der Waals surface area contributed by atoms with Crippen LogP contribution in [-0.2, 0) is 9.53 Å². The summed E-state index contributed by atoms with van der Waals surface area (Å²) in [5.41, 5.74) is 0.631. The summed E-state index contributed by atoms with van der Waals surface area (Å²) in [6, 6.07) is 8.76. The van der Waals surface area contributed by atoms with E-state index in [0.717, 1.165) is 32.8 Å². The summed E-state index contributed by atoms with van der Waals surface area (Å²) in [4.78, 5) is 29.0. The summed E-state index contributed by atoms with van der Waals surface area (Å²) in [6.45, 7) is 4.76. The third-order valence-corrected chi connectivity index (χ3v) is 5.31. The predicted octanol–water partition coefficient (Wildman–Crippen LogP) is 0.650. The molecule has 24 heavy (non-hydrogen) atoms. The van der Waals surface area contributed by atoms with Crippen molar-refractivity contribution in [1.82, 2.24) is 15.1 Å². The molecule has 0 aliphatic carbocycles. The summed E-state index contributed by atoms with van der Waals surface area (Å²) >= 11 is 1.62. The van der Waals surface area contributed by atoms with Gasteiger partial charge in [0.25, 0.3) is 5.91 Å². The van der Waals surface area contributed by atoms with Crippen LogP contribution in [0.1, 0.15) is 10.4 Å². The van der Waals surface area contributed by atoms with Crippen LogP contribution in [0.4, 0.5) is 0 Å². The van der Waals surface area contributed by atoms with Crippen LogP contribution >= 0.6 is 11.8 Å². The molecule has 0 saturated carbocycles. The van der Waals surface area contributed by atoms with Crippen LogP contribution < -0.4 is 5.32 Å². The molecule has 6 nitrogen and oxygen atoms in total. The zero-order chi connectivity index (χ0) is 16.8. The van der Waals surface area contributed by atoms with Gasteiger partial charge in [0.15, 0.2) is 0 Å². The lowest BCUT2D eigenvalue weighted by Gasteiger charge is -2.27. The van der Waals surface area contributed by atoms with Crippen LogP contribution in [0.2, 0.25) is 0 Å². The summed E-state index contributed by atoms with van der Waals surface area (Å²) in [5.74, 6) is 1.09. The van der Waals surface area contributed by atoms with Crippen LogP contribution in [0.15, 0.2) is 30.3 Å². The van der Waals surface area contributed by atoms with Gasteiger partial charge in [0.2, 0.25) is 5.91 Å². The van der Waals surface area contributed by atoms with E-state index >= 15 is 0 Å². The first kappa shape index (κ1) is 17.3. The molecule has 1 aromatic carbocycles. The van der Waals surface area contributed by atoms with E-state index in [9.17, 15) is 9.59 Å². The number of carbonyl (C=O) groups is 2. The Balaban J connectivity index is 1.51. The molecule has 3 rings (SSSR count). The molecule has 2 saturated heterocycles. The van der Waals surface area contributed by atoms with Gasteiger partial charge in [-0.15, -0.1) is 11.8 Å². The molecule has 0 aromatic heterocycles. The molecule has 1 N–H and O–H groups in total. The highest BCUT2D eigenvalue weighted by Gasteiger charge is 2.34. The Morgan fingerprint density at radius 1 is 1.21 bits per heavy atom. The van der Waals surface area contributed by atoms with Crippen molar-refractivity contribution in [2.75, 3.05) is 51.0 Å². The molecule has 2 aliphatic rings. The van der Waals surface area contributed by atoms with Gasteiger partial charge in [-0.25, -0.2) is 0 Å². The number of carbonyl (C=O) groups excluding carboxylic acids is 2. The standard InChI is InChI=1S/C17H23N3O3S/c21-16(18-6-7-19-8-10-23-11-9-19)15-12-24-13-20(15)17(22)14-4-2-1-3-5-14/h1-5,15H,6-13H2,(H,18,21)/t15-/m0/s1. The summed E-state index contributed by atoms with van der Waals surface area (Å²) < 4.78 is 5.31. The second kappa shape index (κ2) is 8.50. The molecular weight excluding hydrogens is 326 g/mol. The number of nitrogens with zero attached hydrogens (tertiary/aromatic N) is 2. The van der Waals surface area contributed by atoms with Crippen molar-refractivity contribution in [3.63, 3.8) is 0 Å². The molecule has 2 heterocycles. The minimum absolute atomic E-state index is 0.0578. The van der Waals surface area contributed by atoms with Crippen LogP contribution in [0.5, 0.6) is 0 Å². The van der Waals surface area contributed by atoms with Crippen molar-refractivity contribution in [3.05, 3.63) is 35.9 Å². The minimum Gasteiger partial charge on any atom is -0.379 e. The van der Waals surface area contributed by atoms with Crippen molar-refractivity contribution in [2.45, 2.75) is 6.04 Å². The first-order valence-corrected chi connectivity index (χ1v) is 9.43. The van der Waals surface area contributed by atoms with Gasteiger partial charge >= 0.3 is 0 Å². The lowest BCUT2D eigenvalue weighted by Crippen LogP contribution is -2.49. The average molecular weight is 349 g/mol. The Bertz CT molecular complexity index is 563. The van der Waals surface area contributed by atoms with Gasteiger partial charge in [0, 0.05) is 37.5 Å². The number of hydrogen-bond donors (Lipinski definition) is 1. The monoisotopic (exact) mass is 349 g/mol. The summed E-state index contributed by atoms with van der Waals surface area (Å²) in [5, 5.41) is 2.98. The van der Waals surface area contributed by atoms with E-state index in [-0.39, 0.29) is 17.9 Å². The third kappa shape index (κ3) is 4.28. The number of nitrogens with one attached hydrogen (secondary N) is 1. The van der Waals surface area contributed by atoms with Gasteiger partial charge in [-0.2, -0.15) is 0 Å². The first-order valence-electron chi connectivity index (χ1n) is 8.27. The fourth-order valence-electron chi connectivity index (χ4n) is 2.89. The van der Waals surface area contributed by atoms with Crippen molar-refractivity contribution in [3.8, 4) is 0 Å². The number of amides is 2. The molecule has 1 atom stereocenters. The number of rotatable bonds is 5. The summed E-state index contributed by atoms with van der Waals surface area (Å²) in [7, 11) is 0. The predicted molar refractivity (Wildman–Crippen MR) is 94.0 cm³/mol. The Kier molecular flexibility index (Phi) is 6.12. The Labute approximate surface area is 146 Å². The lowest BCUT2D eigenvalue weighted by molar-refractivity contribution is -0.124. The largest absolute Gasteiger partial charge is 0.379 e. The van der Waals surface area contributed by atoms with Gasteiger partial charge in [-0.1, -0.05) is 18.2 Å². The highest BCUT2D eigenvalue weighted by Crippen LogP contribution is 2.23. The van der Waals surface area contributed by atoms with Crippen LogP contribution in [0.3, 0.4) is 0 Å². The molecule has 0 spiro atoms. The molecule has 2 aliphatic heterocycles. The number of thioether (sulfide) groups is 1. The number of hydrogen-bond acceptors (Lipinski definition) is 5. The van der Waals surface area contributed by atoms with E-state index in [0.29, 0.717) is 23.7 Å². The minimum atomic E-state index is -0.382. The van der Waals surface area contributed by atoms with E-state index < -0.39 is 0 Å². The van der Waals surface area contributed by atoms with Crippen LogP contribution in [-0.4, -0.2) is 78.7 Å². The second-order valence-electron chi connectivity index (χ2n) is 5.90. The van der Waals surface area contributed by atoms with E-state index in [1.54, 1.807) is 28.8 Å². The highest BCUT2D eigenvalue weighted by molar-refractivity contribution is 7.99. The quantitative estimate of drug-likeness (QED) is 0.846. The van der Waals surface area contributed by atoms with Gasteiger partial charge < -0.3 is 15.0 Å². The molecule has 0 bridgehead atoms. The Hall–Kier alpha value is -1.57. The van der Waals surface area contributed by atoms with Gasteiger partial charge in [0.1, 0.15) is 6.04 Å². The van der Waals surface area contributed by atoms with Crippen molar-refractivity contribution in [1.29, 1.82) is 0 Å². The topological polar surface area (TPSA) is 61.9 Å². The highest BCUT2D eigenvalue weighted by atomic mass is 32.2. The fraction of sp³-hybridized carbons (Fsp3) is 0.529. The maximum absolute atomic E-state index is 12.6. The molecule has 0 radical (unpaired) electrons. The summed E-state index contributed by atoms with van der Waals surface area (Å²) in [6.07, 6.45) is 0. The zero-order valence-electron chi connectivity index (χ0n) is 13.6. The van der Waals surface area contributed by atoms with Gasteiger partial charge in [-0.05, 0) is 12.1 Å². The van der Waals surface area contributed by atoms with Crippen LogP contribution in [0.25, 0.3) is 0 Å². The molecule has 0 unspecified atom stereocenters. The average Bonchev–Trinajstić information content (AvgIpc) is 3.12. The zero-order valence-corrected chi connectivity index (χ0v) is 14.5. The second-order valence-corrected chi connectivity index (χ2v) is 6.90. The van der Waals surface area contributed by atoms with E-state index in [1.807, 2.05) is 18.2 Å². The first-order chi connectivity index (χ1) is 11.8. The molecule has 130 valence electrons. The van der Waals surface area contributed by atoms with Gasteiger partial charge in [-0.3, -0.25) is 14.5 Å². The normalized spacial score (nSPS) is 21.7. The van der Waals surface area contributed by atoms with Gasteiger partial charge in [0.05, 0.1) is 19.1 Å². The van der Waals surface area contributed by atoms with E-state index in [2.05, 4.69) is 10.2 Å². The number of benzene rings is 1. The molecule has 2 amide bonds. The smallest absolute Gasteiger partial charge is 0.255 e. The SMILES string of the molecule is O=C(NCCN1CCOCC1)[C@@H]1CSCN1C(=O)c1ccccc1. The lowest BCUT2D eigenvalue weighted by atomic mass is 10.1. The molecule has 2 fully saturated rings. The molecule has 1 aromatic rings. The molecule has 7 heteroatoms. The van der Waals surface area contributed by atoms with E-state index in [4.69, 9.17) is 4.74 Å². The Morgan fingerprint density at radius 3 is 2.71 bits per heavy atom. The number of morpholine rings is 1. The molecular formula is C17H23N3O3S. The fourth-order valence-corrected chi connectivity index (χ4v) is 4.04. The van der Waals surface area contributed by atoms with E-state index in [1.165, 1.54) is 0 Å². The van der Waals surface area contributed by atoms with Crippen molar-refractivity contribution < 1.29 is 14.3 Å². The number of ether oxygens (including phenoxy) is 1. The maximum Gasteiger partial charge on any atom is 0.255 e. The van der Waals surface area contributed by atoms with Crippen molar-refractivity contribution >= 4 is 23.6 Å². The van der Waals surface area contributed by atoms with Crippen LogP contribution in [0, 0.1) is 0 Å². The third-order valence-electron chi connectivity index (χ3n) is 4.30. The Morgan fingerprint density at radius 2 is 1.96 bits per heavy atom.